The molecule has 1 aromatic heterocycles. The second-order valence-electron chi connectivity index (χ2n) is 9.08. The maximum atomic E-state index is 13.3. The fourth-order valence-electron chi connectivity index (χ4n) is 4.56. The second-order valence-corrected chi connectivity index (χ2v) is 9.08. The molecule has 0 saturated heterocycles. The van der Waals surface area contributed by atoms with Crippen LogP contribution in [-0.4, -0.2) is 37.4 Å². The zero-order valence-corrected chi connectivity index (χ0v) is 20.4. The molecule has 0 atom stereocenters. The minimum Gasteiger partial charge on any atom is -0.378 e. The summed E-state index contributed by atoms with van der Waals surface area (Å²) in [7, 11) is 4.01. The molecule has 5 rings (SSSR count). The molecule has 0 aliphatic carbocycles. The Balaban J connectivity index is 1.32. The number of benzene rings is 3. The van der Waals surface area contributed by atoms with Crippen molar-refractivity contribution in [3.05, 3.63) is 108 Å². The minimum atomic E-state index is -0.164. The average Bonchev–Trinajstić information content (AvgIpc) is 3.33. The SMILES string of the molecule is CN(C)c1ccc(-c2ccccc2C(=O)Nc2ccc3c(c2)CCN3C(=O)Cc2ccccn2)cc1. The molecule has 4 aromatic rings. The molecule has 36 heavy (non-hydrogen) atoms. The summed E-state index contributed by atoms with van der Waals surface area (Å²) in [6.45, 7) is 0.629. The Hall–Kier alpha value is -4.45. The third kappa shape index (κ3) is 4.84. The van der Waals surface area contributed by atoms with Crippen LogP contribution in [0.2, 0.25) is 0 Å². The molecule has 2 amide bonds. The van der Waals surface area contributed by atoms with Crippen LogP contribution in [-0.2, 0) is 17.6 Å². The lowest BCUT2D eigenvalue weighted by molar-refractivity contribution is -0.117. The number of anilines is 3. The van der Waals surface area contributed by atoms with Crippen molar-refractivity contribution in [2.45, 2.75) is 12.8 Å². The molecule has 2 heterocycles. The summed E-state index contributed by atoms with van der Waals surface area (Å²) < 4.78 is 0. The number of rotatable bonds is 6. The first-order valence-corrected chi connectivity index (χ1v) is 12.0. The van der Waals surface area contributed by atoms with Crippen molar-refractivity contribution in [1.82, 2.24) is 4.98 Å². The van der Waals surface area contributed by atoms with Gasteiger partial charge in [-0.2, -0.15) is 0 Å². The van der Waals surface area contributed by atoms with Gasteiger partial charge >= 0.3 is 0 Å². The van der Waals surface area contributed by atoms with Gasteiger partial charge in [0.25, 0.3) is 5.91 Å². The predicted octanol–water partition coefficient (Wildman–Crippen LogP) is 5.20. The number of nitrogens with zero attached hydrogens (tertiary/aromatic N) is 3. The van der Waals surface area contributed by atoms with E-state index in [1.54, 1.807) is 6.20 Å². The summed E-state index contributed by atoms with van der Waals surface area (Å²) in [6.07, 6.45) is 2.72. The van der Waals surface area contributed by atoms with E-state index < -0.39 is 0 Å². The van der Waals surface area contributed by atoms with Gasteiger partial charge in [0.05, 0.1) is 6.42 Å². The fraction of sp³-hybridized carbons (Fsp3) is 0.167. The summed E-state index contributed by atoms with van der Waals surface area (Å²) in [4.78, 5) is 34.3. The van der Waals surface area contributed by atoms with E-state index in [4.69, 9.17) is 0 Å². The summed E-state index contributed by atoms with van der Waals surface area (Å²) >= 11 is 0. The number of fused-ring (bicyclic) bond motifs is 1. The van der Waals surface area contributed by atoms with Crippen LogP contribution in [0.4, 0.5) is 17.1 Å². The molecule has 3 aromatic carbocycles. The van der Waals surface area contributed by atoms with E-state index in [0.717, 1.165) is 45.9 Å². The number of nitrogens with one attached hydrogen (secondary N) is 1. The number of amides is 2. The molecule has 1 N–H and O–H groups in total. The normalized spacial score (nSPS) is 12.2. The maximum Gasteiger partial charge on any atom is 0.256 e. The van der Waals surface area contributed by atoms with Crippen LogP contribution in [0.5, 0.6) is 0 Å². The Morgan fingerprint density at radius 1 is 0.944 bits per heavy atom. The predicted molar refractivity (Wildman–Crippen MR) is 145 cm³/mol. The Bertz CT molecular complexity index is 1400. The van der Waals surface area contributed by atoms with E-state index in [0.29, 0.717) is 12.1 Å². The number of aromatic nitrogens is 1. The Morgan fingerprint density at radius 2 is 1.72 bits per heavy atom. The summed E-state index contributed by atoms with van der Waals surface area (Å²) in [5.41, 5.74) is 7.01. The maximum absolute atomic E-state index is 13.3. The Kier molecular flexibility index (Phi) is 6.50. The van der Waals surface area contributed by atoms with Crippen molar-refractivity contribution < 1.29 is 9.59 Å². The summed E-state index contributed by atoms with van der Waals surface area (Å²) in [5, 5.41) is 3.05. The lowest BCUT2D eigenvalue weighted by Gasteiger charge is -2.18. The van der Waals surface area contributed by atoms with Gasteiger partial charge in [0.2, 0.25) is 5.91 Å². The Morgan fingerprint density at radius 3 is 2.47 bits per heavy atom. The molecule has 0 radical (unpaired) electrons. The monoisotopic (exact) mass is 476 g/mol. The third-order valence-electron chi connectivity index (χ3n) is 6.46. The van der Waals surface area contributed by atoms with Crippen LogP contribution >= 0.6 is 0 Å². The average molecular weight is 477 g/mol. The molecule has 1 aliphatic heterocycles. The van der Waals surface area contributed by atoms with Gasteiger partial charge in [0.1, 0.15) is 0 Å². The lowest BCUT2D eigenvalue weighted by Crippen LogP contribution is -2.30. The highest BCUT2D eigenvalue weighted by molar-refractivity contribution is 6.09. The van der Waals surface area contributed by atoms with Gasteiger partial charge in [-0.25, -0.2) is 0 Å². The van der Waals surface area contributed by atoms with Crippen LogP contribution in [0.1, 0.15) is 21.6 Å². The van der Waals surface area contributed by atoms with Gasteiger partial charge in [-0.1, -0.05) is 36.4 Å². The van der Waals surface area contributed by atoms with Gasteiger partial charge < -0.3 is 15.1 Å². The van der Waals surface area contributed by atoms with E-state index in [9.17, 15) is 9.59 Å². The van der Waals surface area contributed by atoms with Crippen LogP contribution in [0.25, 0.3) is 11.1 Å². The standard InChI is InChI=1S/C30H28N4O2/c1-33(2)25-13-10-21(11-14-25)26-8-3-4-9-27(26)30(36)32-24-12-15-28-22(19-24)16-18-34(28)29(35)20-23-7-5-6-17-31-23/h3-15,17,19H,16,18,20H2,1-2H3,(H,32,36). The Labute approximate surface area is 211 Å². The van der Waals surface area contributed by atoms with Crippen molar-refractivity contribution >= 4 is 28.9 Å². The largest absolute Gasteiger partial charge is 0.378 e. The van der Waals surface area contributed by atoms with Crippen molar-refractivity contribution in [3.63, 3.8) is 0 Å². The highest BCUT2D eigenvalue weighted by Gasteiger charge is 2.25. The van der Waals surface area contributed by atoms with Gasteiger partial charge in [-0.15, -0.1) is 0 Å². The number of carbonyl (C=O) groups is 2. The molecule has 0 spiro atoms. The number of carbonyl (C=O) groups excluding carboxylic acids is 2. The number of hydrogen-bond donors (Lipinski definition) is 1. The molecule has 0 fully saturated rings. The van der Waals surface area contributed by atoms with Gasteiger partial charge in [0, 0.05) is 55.2 Å². The van der Waals surface area contributed by atoms with Gasteiger partial charge in [-0.3, -0.25) is 14.6 Å². The van der Waals surface area contributed by atoms with E-state index >= 15 is 0 Å². The second kappa shape index (κ2) is 10.0. The van der Waals surface area contributed by atoms with Crippen LogP contribution in [0.3, 0.4) is 0 Å². The quantitative estimate of drug-likeness (QED) is 0.416. The first kappa shape index (κ1) is 23.3. The van der Waals surface area contributed by atoms with Gasteiger partial charge in [0.15, 0.2) is 0 Å². The topological polar surface area (TPSA) is 65.5 Å². The summed E-state index contributed by atoms with van der Waals surface area (Å²) in [5.74, 6) is -0.137. The van der Waals surface area contributed by atoms with E-state index in [-0.39, 0.29) is 18.2 Å². The molecular weight excluding hydrogens is 448 g/mol. The lowest BCUT2D eigenvalue weighted by atomic mass is 9.98. The fourth-order valence-corrected chi connectivity index (χ4v) is 4.56. The van der Waals surface area contributed by atoms with Crippen LogP contribution in [0.15, 0.2) is 91.1 Å². The molecule has 0 bridgehead atoms. The molecule has 6 heteroatoms. The first-order chi connectivity index (χ1) is 17.5. The van der Waals surface area contributed by atoms with Crippen molar-refractivity contribution in [1.29, 1.82) is 0 Å². The number of pyridine rings is 1. The van der Waals surface area contributed by atoms with Crippen molar-refractivity contribution in [3.8, 4) is 11.1 Å². The molecule has 6 nitrogen and oxygen atoms in total. The zero-order valence-electron chi connectivity index (χ0n) is 20.4. The van der Waals surface area contributed by atoms with E-state index in [1.165, 1.54) is 0 Å². The van der Waals surface area contributed by atoms with Crippen LogP contribution < -0.4 is 15.1 Å². The highest BCUT2D eigenvalue weighted by atomic mass is 16.2. The minimum absolute atomic E-state index is 0.0263. The summed E-state index contributed by atoms with van der Waals surface area (Å²) in [6, 6.07) is 27.1. The molecular formula is C30H28N4O2. The molecule has 0 saturated carbocycles. The van der Waals surface area contributed by atoms with Crippen molar-refractivity contribution in [2.75, 3.05) is 35.8 Å². The van der Waals surface area contributed by atoms with Crippen molar-refractivity contribution in [2.24, 2.45) is 0 Å². The highest BCUT2D eigenvalue weighted by Crippen LogP contribution is 2.32. The third-order valence-corrected chi connectivity index (χ3v) is 6.46. The van der Waals surface area contributed by atoms with E-state index in [1.807, 2.05) is 109 Å². The molecule has 1 aliphatic rings. The molecule has 180 valence electrons. The van der Waals surface area contributed by atoms with E-state index in [2.05, 4.69) is 10.3 Å². The first-order valence-electron chi connectivity index (χ1n) is 12.0. The van der Waals surface area contributed by atoms with Gasteiger partial charge in [-0.05, 0) is 71.6 Å². The zero-order chi connectivity index (χ0) is 25.1. The smallest absolute Gasteiger partial charge is 0.256 e. The number of hydrogen-bond acceptors (Lipinski definition) is 4. The van der Waals surface area contributed by atoms with Crippen LogP contribution in [0, 0.1) is 0 Å². The molecule has 0 unspecified atom stereocenters.